The van der Waals surface area contributed by atoms with Crippen molar-refractivity contribution in [2.45, 2.75) is 56.4 Å². The Morgan fingerprint density at radius 2 is 1.67 bits per heavy atom. The average molecular weight is 480 g/mol. The van der Waals surface area contributed by atoms with Crippen LogP contribution in [0.3, 0.4) is 0 Å². The molecule has 5 fully saturated rings. The molecule has 0 aromatic heterocycles. The molecule has 4 bridgehead atoms. The van der Waals surface area contributed by atoms with Crippen molar-refractivity contribution in [2.24, 2.45) is 23.2 Å². The van der Waals surface area contributed by atoms with Gasteiger partial charge in [-0.2, -0.15) is 4.31 Å². The zero-order valence-corrected chi connectivity index (χ0v) is 19.6. The third-order valence-electron chi connectivity index (χ3n) is 7.98. The van der Waals surface area contributed by atoms with Crippen molar-refractivity contribution in [1.82, 2.24) is 4.31 Å². The predicted octanol–water partition coefficient (Wildman–Crippen LogP) is 3.18. The summed E-state index contributed by atoms with van der Waals surface area (Å²) >= 11 is 0. The Bertz CT molecular complexity index is 1030. The molecule has 6 rings (SSSR count). The number of ketones is 1. The number of hydrogen-bond donors (Lipinski definition) is 0. The van der Waals surface area contributed by atoms with Crippen molar-refractivity contribution in [2.75, 3.05) is 26.3 Å². The first-order chi connectivity index (χ1) is 15.7. The summed E-state index contributed by atoms with van der Waals surface area (Å²) in [4.78, 5) is 26.0. The van der Waals surface area contributed by atoms with Gasteiger partial charge in [0.15, 0.2) is 11.9 Å². The van der Waals surface area contributed by atoms with E-state index in [9.17, 15) is 22.4 Å². The zero-order chi connectivity index (χ0) is 23.4. The topological polar surface area (TPSA) is 90.0 Å². The molecule has 0 spiro atoms. The Kier molecular flexibility index (Phi) is 5.86. The first kappa shape index (κ1) is 22.9. The molecular weight excluding hydrogens is 449 g/mol. The minimum atomic E-state index is -3.90. The summed E-state index contributed by atoms with van der Waals surface area (Å²) in [5.41, 5.74) is -0.913. The van der Waals surface area contributed by atoms with Crippen molar-refractivity contribution < 1.29 is 31.9 Å². The number of nitrogens with zero attached hydrogens (tertiary/aromatic N) is 1. The third kappa shape index (κ3) is 4.12. The van der Waals surface area contributed by atoms with Crippen LogP contribution in [0.4, 0.5) is 4.39 Å². The van der Waals surface area contributed by atoms with Crippen molar-refractivity contribution in [3.05, 3.63) is 29.6 Å². The van der Waals surface area contributed by atoms with Crippen LogP contribution in [0.2, 0.25) is 0 Å². The number of ether oxygens (including phenoxy) is 2. The summed E-state index contributed by atoms with van der Waals surface area (Å²) < 4.78 is 52.2. The maximum atomic E-state index is 14.5. The van der Waals surface area contributed by atoms with Crippen LogP contribution in [0.15, 0.2) is 23.1 Å². The van der Waals surface area contributed by atoms with Gasteiger partial charge < -0.3 is 9.47 Å². The second-order valence-corrected chi connectivity index (χ2v) is 12.2. The molecule has 0 N–H and O–H groups in total. The van der Waals surface area contributed by atoms with Gasteiger partial charge in [0.05, 0.1) is 23.7 Å². The van der Waals surface area contributed by atoms with Gasteiger partial charge in [-0.1, -0.05) is 0 Å². The molecule has 1 heterocycles. The summed E-state index contributed by atoms with van der Waals surface area (Å²) in [6.45, 7) is 2.48. The lowest BCUT2D eigenvalue weighted by Gasteiger charge is -2.56. The second-order valence-electron chi connectivity index (χ2n) is 10.3. The van der Waals surface area contributed by atoms with Gasteiger partial charge in [-0.3, -0.25) is 4.79 Å². The summed E-state index contributed by atoms with van der Waals surface area (Å²) in [5.74, 6) is -0.257. The van der Waals surface area contributed by atoms with Gasteiger partial charge in [0.1, 0.15) is 5.82 Å². The normalized spacial score (nSPS) is 32.5. The lowest BCUT2D eigenvalue weighted by molar-refractivity contribution is -0.152. The van der Waals surface area contributed by atoms with E-state index in [0.717, 1.165) is 37.5 Å². The van der Waals surface area contributed by atoms with Crippen LogP contribution in [0.5, 0.6) is 0 Å². The van der Waals surface area contributed by atoms with Gasteiger partial charge in [-0.25, -0.2) is 17.6 Å². The van der Waals surface area contributed by atoms with Crippen molar-refractivity contribution in [3.63, 3.8) is 0 Å². The molecule has 180 valence electrons. The Labute approximate surface area is 193 Å². The number of halogens is 1. The van der Waals surface area contributed by atoms with E-state index < -0.39 is 38.9 Å². The Morgan fingerprint density at radius 3 is 2.24 bits per heavy atom. The second kappa shape index (κ2) is 8.43. The molecule has 1 aromatic rings. The molecule has 1 aromatic carbocycles. The number of carbonyl (C=O) groups is 2. The largest absolute Gasteiger partial charge is 0.451 e. The Hall–Kier alpha value is -1.84. The number of carbonyl (C=O) groups excluding carboxylic acids is 2. The minimum Gasteiger partial charge on any atom is -0.451 e. The highest BCUT2D eigenvalue weighted by molar-refractivity contribution is 7.89. The van der Waals surface area contributed by atoms with E-state index in [-0.39, 0.29) is 37.0 Å². The number of Topliss-reactive ketones (excluding diaryl/α,β-unsaturated/α-hetero) is 1. The highest BCUT2D eigenvalue weighted by atomic mass is 32.2. The SMILES string of the molecule is CC(OC(=O)c1cc(S(=O)(=O)N2CCOCC2)ccc1F)C(=O)C12CC3CC(CC(C3)C1)C2. The fourth-order valence-electron chi connectivity index (χ4n) is 6.88. The van der Waals surface area contributed by atoms with Crippen molar-refractivity contribution in [1.29, 1.82) is 0 Å². The molecule has 1 aliphatic heterocycles. The van der Waals surface area contributed by atoms with Crippen LogP contribution >= 0.6 is 0 Å². The summed E-state index contributed by atoms with van der Waals surface area (Å²) in [6.07, 6.45) is 5.11. The molecular formula is C24H30FNO6S. The predicted molar refractivity (Wildman–Crippen MR) is 116 cm³/mol. The summed E-state index contributed by atoms with van der Waals surface area (Å²) in [7, 11) is -3.90. The molecule has 5 aliphatic rings. The number of esters is 1. The van der Waals surface area contributed by atoms with Gasteiger partial charge in [0.25, 0.3) is 0 Å². The van der Waals surface area contributed by atoms with Crippen LogP contribution in [0.25, 0.3) is 0 Å². The van der Waals surface area contributed by atoms with Crippen LogP contribution in [0, 0.1) is 29.0 Å². The van der Waals surface area contributed by atoms with Crippen LogP contribution in [-0.2, 0) is 24.3 Å². The van der Waals surface area contributed by atoms with Gasteiger partial charge in [-0.05, 0) is 81.4 Å². The molecule has 7 nitrogen and oxygen atoms in total. The van der Waals surface area contributed by atoms with Crippen molar-refractivity contribution in [3.8, 4) is 0 Å². The fraction of sp³-hybridized carbons (Fsp3) is 0.667. The molecule has 33 heavy (non-hydrogen) atoms. The number of rotatable bonds is 6. The molecule has 9 heteroatoms. The van der Waals surface area contributed by atoms with Crippen molar-refractivity contribution >= 4 is 21.8 Å². The Balaban J connectivity index is 1.32. The molecule has 1 atom stereocenters. The molecule has 0 amide bonds. The maximum Gasteiger partial charge on any atom is 0.341 e. The van der Waals surface area contributed by atoms with Gasteiger partial charge >= 0.3 is 5.97 Å². The van der Waals surface area contributed by atoms with Crippen LogP contribution in [0.1, 0.15) is 55.8 Å². The molecule has 4 saturated carbocycles. The first-order valence-electron chi connectivity index (χ1n) is 11.8. The highest BCUT2D eigenvalue weighted by Gasteiger charge is 2.55. The first-order valence-corrected chi connectivity index (χ1v) is 13.2. The summed E-state index contributed by atoms with van der Waals surface area (Å²) in [6, 6.07) is 3.10. The lowest BCUT2D eigenvalue weighted by atomic mass is 9.48. The van der Waals surface area contributed by atoms with Crippen LogP contribution < -0.4 is 0 Å². The highest BCUT2D eigenvalue weighted by Crippen LogP contribution is 2.60. The fourth-order valence-corrected chi connectivity index (χ4v) is 8.31. The van der Waals surface area contributed by atoms with Gasteiger partial charge in [0.2, 0.25) is 10.0 Å². The van der Waals surface area contributed by atoms with E-state index in [1.54, 1.807) is 6.92 Å². The molecule has 1 saturated heterocycles. The van der Waals surface area contributed by atoms with Gasteiger partial charge in [-0.15, -0.1) is 0 Å². The van der Waals surface area contributed by atoms with Crippen LogP contribution in [-0.4, -0.2) is 56.9 Å². The number of benzene rings is 1. The van der Waals surface area contributed by atoms with Gasteiger partial charge in [0, 0.05) is 18.5 Å². The third-order valence-corrected chi connectivity index (χ3v) is 9.87. The monoisotopic (exact) mass is 479 g/mol. The quantitative estimate of drug-likeness (QED) is 0.582. The number of sulfonamides is 1. The molecule has 1 unspecified atom stereocenters. The maximum absolute atomic E-state index is 14.5. The Morgan fingerprint density at radius 1 is 1.09 bits per heavy atom. The smallest absolute Gasteiger partial charge is 0.341 e. The van der Waals surface area contributed by atoms with E-state index in [1.807, 2.05) is 0 Å². The lowest BCUT2D eigenvalue weighted by Crippen LogP contribution is -2.52. The zero-order valence-electron chi connectivity index (χ0n) is 18.8. The average Bonchev–Trinajstić information content (AvgIpc) is 2.78. The standard InChI is InChI=1S/C24H30FNO6S/c1-15(22(27)24-12-16-8-17(13-24)10-18(9-16)14-24)32-23(28)20-11-19(2-3-21(20)25)33(29,30)26-4-6-31-7-5-26/h2-3,11,15-18H,4-10,12-14H2,1H3. The van der Waals surface area contributed by atoms with E-state index in [2.05, 4.69) is 0 Å². The number of hydrogen-bond acceptors (Lipinski definition) is 6. The summed E-state index contributed by atoms with van der Waals surface area (Å²) in [5, 5.41) is 0. The van der Waals surface area contributed by atoms with E-state index in [4.69, 9.17) is 9.47 Å². The van der Waals surface area contributed by atoms with E-state index >= 15 is 0 Å². The molecule has 4 aliphatic carbocycles. The number of morpholine rings is 1. The molecule has 0 radical (unpaired) electrons. The van der Waals surface area contributed by atoms with E-state index in [1.165, 1.54) is 23.6 Å². The van der Waals surface area contributed by atoms with E-state index in [0.29, 0.717) is 17.8 Å². The minimum absolute atomic E-state index is 0.0764.